The molecule has 2 aromatic heterocycles. The number of hydrogen-bond acceptors (Lipinski definition) is 7. The van der Waals surface area contributed by atoms with Crippen LogP contribution in [-0.4, -0.2) is 27.6 Å². The third kappa shape index (κ3) is 4.85. The van der Waals surface area contributed by atoms with Crippen molar-refractivity contribution in [2.45, 2.75) is 34.1 Å². The van der Waals surface area contributed by atoms with Gasteiger partial charge in [-0.05, 0) is 52.0 Å². The van der Waals surface area contributed by atoms with E-state index in [-0.39, 0.29) is 12.3 Å². The van der Waals surface area contributed by atoms with Gasteiger partial charge in [-0.3, -0.25) is 4.79 Å². The van der Waals surface area contributed by atoms with E-state index in [0.29, 0.717) is 17.5 Å². The minimum absolute atomic E-state index is 0.114. The molecule has 0 fully saturated rings. The van der Waals surface area contributed by atoms with Crippen LogP contribution in [-0.2, 0) is 11.2 Å². The maximum absolute atomic E-state index is 12.3. The molecule has 0 atom stereocenters. The maximum atomic E-state index is 12.3. The highest BCUT2D eigenvalue weighted by molar-refractivity contribution is 5.92. The van der Waals surface area contributed by atoms with Gasteiger partial charge in [-0.25, -0.2) is 4.98 Å². The van der Waals surface area contributed by atoms with Crippen LogP contribution in [0.1, 0.15) is 29.6 Å². The van der Waals surface area contributed by atoms with Crippen molar-refractivity contribution in [1.82, 2.24) is 15.1 Å². The van der Waals surface area contributed by atoms with Crippen molar-refractivity contribution >= 4 is 29.0 Å². The number of anilines is 4. The molecule has 2 heterocycles. The topological polar surface area (TPSA) is 105 Å². The molecule has 3 rings (SSSR count). The van der Waals surface area contributed by atoms with Crippen LogP contribution in [0.5, 0.6) is 0 Å². The van der Waals surface area contributed by atoms with Gasteiger partial charge in [-0.15, -0.1) is 0 Å². The van der Waals surface area contributed by atoms with E-state index >= 15 is 0 Å². The van der Waals surface area contributed by atoms with Crippen LogP contribution in [0.25, 0.3) is 0 Å². The first-order valence-electron chi connectivity index (χ1n) is 9.13. The molecule has 0 unspecified atom stereocenters. The summed E-state index contributed by atoms with van der Waals surface area (Å²) in [5.41, 5.74) is 4.02. The number of carbonyl (C=O) groups is 1. The highest BCUT2D eigenvalue weighted by atomic mass is 16.5. The minimum Gasteiger partial charge on any atom is -0.361 e. The monoisotopic (exact) mass is 380 g/mol. The van der Waals surface area contributed by atoms with Gasteiger partial charge in [0.1, 0.15) is 11.6 Å². The van der Waals surface area contributed by atoms with E-state index in [1.807, 2.05) is 51.1 Å². The lowest BCUT2D eigenvalue weighted by Crippen LogP contribution is -2.15. The molecule has 0 bridgehead atoms. The summed E-state index contributed by atoms with van der Waals surface area (Å²) in [5.74, 6) is 1.85. The molecule has 1 amide bonds. The van der Waals surface area contributed by atoms with Crippen LogP contribution in [0, 0.1) is 20.8 Å². The molecule has 0 aliphatic carbocycles. The van der Waals surface area contributed by atoms with Crippen LogP contribution in [0.3, 0.4) is 0 Å². The maximum Gasteiger partial charge on any atom is 0.228 e. The van der Waals surface area contributed by atoms with Gasteiger partial charge < -0.3 is 20.5 Å². The van der Waals surface area contributed by atoms with Crippen molar-refractivity contribution in [1.29, 1.82) is 0 Å². The summed E-state index contributed by atoms with van der Waals surface area (Å²) in [7, 11) is 0. The molecule has 0 aliphatic heterocycles. The third-order valence-electron chi connectivity index (χ3n) is 4.15. The summed E-state index contributed by atoms with van der Waals surface area (Å²) in [4.78, 5) is 21.0. The number of nitrogens with one attached hydrogen (secondary N) is 3. The zero-order chi connectivity index (χ0) is 20.1. The molecule has 0 radical (unpaired) electrons. The Morgan fingerprint density at radius 3 is 2.43 bits per heavy atom. The van der Waals surface area contributed by atoms with Crippen molar-refractivity contribution in [3.63, 3.8) is 0 Å². The summed E-state index contributed by atoms with van der Waals surface area (Å²) in [6, 6.07) is 9.32. The Kier molecular flexibility index (Phi) is 5.88. The summed E-state index contributed by atoms with van der Waals surface area (Å²) < 4.78 is 5.10. The van der Waals surface area contributed by atoms with Gasteiger partial charge >= 0.3 is 0 Å². The van der Waals surface area contributed by atoms with Gasteiger partial charge in [0.25, 0.3) is 0 Å². The Bertz CT molecular complexity index is 946. The molecule has 0 saturated carbocycles. The van der Waals surface area contributed by atoms with Gasteiger partial charge in [-0.1, -0.05) is 5.16 Å². The second kappa shape index (κ2) is 8.51. The number of carbonyl (C=O) groups excluding carboxylic acids is 1. The predicted molar refractivity (Wildman–Crippen MR) is 109 cm³/mol. The SMILES string of the molecule is CCNc1nc(C)cc(Nc2ccc(NC(=O)Cc3c(C)noc3C)cc2)n1. The molecule has 8 heteroatoms. The fourth-order valence-corrected chi connectivity index (χ4v) is 2.77. The lowest BCUT2D eigenvalue weighted by Gasteiger charge is -2.10. The molecule has 3 N–H and O–H groups in total. The smallest absolute Gasteiger partial charge is 0.228 e. The fourth-order valence-electron chi connectivity index (χ4n) is 2.77. The number of rotatable bonds is 7. The summed E-state index contributed by atoms with van der Waals surface area (Å²) in [6.45, 7) is 8.31. The average molecular weight is 380 g/mol. The van der Waals surface area contributed by atoms with E-state index in [9.17, 15) is 4.79 Å². The van der Waals surface area contributed by atoms with Gasteiger partial charge in [0.2, 0.25) is 11.9 Å². The van der Waals surface area contributed by atoms with E-state index in [0.717, 1.165) is 34.9 Å². The number of nitrogens with zero attached hydrogens (tertiary/aromatic N) is 3. The van der Waals surface area contributed by atoms with Crippen molar-refractivity contribution in [3.8, 4) is 0 Å². The largest absolute Gasteiger partial charge is 0.361 e. The van der Waals surface area contributed by atoms with Crippen molar-refractivity contribution in [2.24, 2.45) is 0 Å². The van der Waals surface area contributed by atoms with Gasteiger partial charge in [0.15, 0.2) is 0 Å². The Balaban J connectivity index is 1.63. The molecule has 0 spiro atoms. The minimum atomic E-state index is -0.114. The molecule has 28 heavy (non-hydrogen) atoms. The molecule has 1 aromatic carbocycles. The van der Waals surface area contributed by atoms with E-state index in [2.05, 4.69) is 31.1 Å². The number of hydrogen-bond donors (Lipinski definition) is 3. The molecular formula is C20H24N6O2. The van der Waals surface area contributed by atoms with E-state index in [1.54, 1.807) is 6.92 Å². The van der Waals surface area contributed by atoms with E-state index in [1.165, 1.54) is 0 Å². The lowest BCUT2D eigenvalue weighted by atomic mass is 10.1. The first kappa shape index (κ1) is 19.3. The zero-order valence-electron chi connectivity index (χ0n) is 16.5. The summed E-state index contributed by atoms with van der Waals surface area (Å²) in [6.07, 6.45) is 0.231. The molecule has 0 saturated heterocycles. The summed E-state index contributed by atoms with van der Waals surface area (Å²) in [5, 5.41) is 13.1. The highest BCUT2D eigenvalue weighted by Gasteiger charge is 2.13. The van der Waals surface area contributed by atoms with E-state index in [4.69, 9.17) is 4.52 Å². The Morgan fingerprint density at radius 1 is 1.07 bits per heavy atom. The second-order valence-corrected chi connectivity index (χ2v) is 6.48. The lowest BCUT2D eigenvalue weighted by molar-refractivity contribution is -0.115. The average Bonchev–Trinajstić information content (AvgIpc) is 2.95. The highest BCUT2D eigenvalue weighted by Crippen LogP contribution is 2.20. The molecule has 8 nitrogen and oxygen atoms in total. The number of aryl methyl sites for hydroxylation is 3. The summed E-state index contributed by atoms with van der Waals surface area (Å²) >= 11 is 0. The Hall–Kier alpha value is -3.42. The van der Waals surface area contributed by atoms with Crippen LogP contribution in [0.2, 0.25) is 0 Å². The Morgan fingerprint density at radius 2 is 1.79 bits per heavy atom. The normalized spacial score (nSPS) is 10.6. The van der Waals surface area contributed by atoms with Crippen LogP contribution < -0.4 is 16.0 Å². The van der Waals surface area contributed by atoms with E-state index < -0.39 is 0 Å². The quantitative estimate of drug-likeness (QED) is 0.573. The first-order chi connectivity index (χ1) is 13.4. The fraction of sp³-hybridized carbons (Fsp3) is 0.300. The molecular weight excluding hydrogens is 356 g/mol. The van der Waals surface area contributed by atoms with Gasteiger partial charge in [0, 0.05) is 35.2 Å². The first-order valence-corrected chi connectivity index (χ1v) is 9.13. The van der Waals surface area contributed by atoms with Crippen molar-refractivity contribution < 1.29 is 9.32 Å². The Labute approximate surface area is 163 Å². The van der Waals surface area contributed by atoms with Gasteiger partial charge in [0.05, 0.1) is 12.1 Å². The third-order valence-corrected chi connectivity index (χ3v) is 4.15. The number of benzene rings is 1. The van der Waals surface area contributed by atoms with Crippen LogP contribution in [0.4, 0.5) is 23.1 Å². The van der Waals surface area contributed by atoms with Gasteiger partial charge in [-0.2, -0.15) is 4.98 Å². The van der Waals surface area contributed by atoms with Crippen molar-refractivity contribution in [3.05, 3.63) is 53.0 Å². The zero-order valence-corrected chi connectivity index (χ0v) is 16.5. The van der Waals surface area contributed by atoms with Crippen molar-refractivity contribution in [2.75, 3.05) is 22.5 Å². The molecule has 146 valence electrons. The number of aromatic nitrogens is 3. The predicted octanol–water partition coefficient (Wildman–Crippen LogP) is 3.75. The van der Waals surface area contributed by atoms with Crippen LogP contribution in [0.15, 0.2) is 34.9 Å². The standard InChI is InChI=1S/C20H24N6O2/c1-5-21-20-22-12(2)10-18(25-20)23-15-6-8-16(9-7-15)24-19(27)11-17-13(3)26-28-14(17)4/h6-10H,5,11H2,1-4H3,(H,24,27)(H2,21,22,23,25). The van der Waals surface area contributed by atoms with Crippen LogP contribution >= 0.6 is 0 Å². The number of amides is 1. The second-order valence-electron chi connectivity index (χ2n) is 6.48. The molecule has 0 aliphatic rings. The molecule has 3 aromatic rings.